The lowest BCUT2D eigenvalue weighted by Gasteiger charge is -2.20. The van der Waals surface area contributed by atoms with E-state index in [0.717, 1.165) is 0 Å². The predicted octanol–water partition coefficient (Wildman–Crippen LogP) is 1.82. The maximum atomic E-state index is 11.0. The first-order chi connectivity index (χ1) is 4.90. The van der Waals surface area contributed by atoms with Crippen LogP contribution in [0.1, 0.15) is 13.8 Å². The standard InChI is InChI=1S/C6H10Cl2O2Si/c1-6(2,4(9)10-3)11-5(7)8/h5H,1-3H3. The normalized spacial score (nSPS) is 11.8. The van der Waals surface area contributed by atoms with Gasteiger partial charge in [0.1, 0.15) is 9.52 Å². The van der Waals surface area contributed by atoms with Crippen molar-refractivity contribution in [3.8, 4) is 0 Å². The summed E-state index contributed by atoms with van der Waals surface area (Å²) in [5.74, 6) is -0.276. The van der Waals surface area contributed by atoms with Crippen LogP contribution in [0.3, 0.4) is 0 Å². The molecule has 0 aromatic rings. The maximum absolute atomic E-state index is 11.0. The summed E-state index contributed by atoms with van der Waals surface area (Å²) in [6.07, 6.45) is 0. The van der Waals surface area contributed by atoms with Crippen molar-refractivity contribution in [2.24, 2.45) is 0 Å². The van der Waals surface area contributed by atoms with Crippen LogP contribution >= 0.6 is 23.2 Å². The highest BCUT2D eigenvalue weighted by molar-refractivity contribution is 6.71. The van der Waals surface area contributed by atoms with Gasteiger partial charge in [-0.05, 0) is 0 Å². The number of rotatable bonds is 3. The van der Waals surface area contributed by atoms with Gasteiger partial charge >= 0.3 is 5.97 Å². The second kappa shape index (κ2) is 4.33. The van der Waals surface area contributed by atoms with E-state index in [4.69, 9.17) is 23.2 Å². The summed E-state index contributed by atoms with van der Waals surface area (Å²) in [4.78, 5) is 11.0. The molecule has 0 aliphatic carbocycles. The molecule has 0 atom stereocenters. The SMILES string of the molecule is COC(=O)C(C)(C)[Si]C(Cl)Cl. The molecule has 5 heteroatoms. The van der Waals surface area contributed by atoms with Crippen LogP contribution in [0.2, 0.25) is 5.04 Å². The Morgan fingerprint density at radius 2 is 2.00 bits per heavy atom. The van der Waals surface area contributed by atoms with E-state index in [1.807, 2.05) is 0 Å². The average Bonchev–Trinajstić information content (AvgIpc) is 1.83. The van der Waals surface area contributed by atoms with Gasteiger partial charge < -0.3 is 4.74 Å². The summed E-state index contributed by atoms with van der Waals surface area (Å²) in [5, 5.41) is -0.567. The predicted molar refractivity (Wildman–Crippen MR) is 47.3 cm³/mol. The van der Waals surface area contributed by atoms with E-state index in [1.165, 1.54) is 7.11 Å². The first-order valence-electron chi connectivity index (χ1n) is 3.04. The summed E-state index contributed by atoms with van der Waals surface area (Å²) in [6.45, 7) is 3.52. The summed E-state index contributed by atoms with van der Waals surface area (Å²) in [7, 11) is 1.51. The number of methoxy groups -OCH3 is 1. The minimum Gasteiger partial charge on any atom is -0.469 e. The van der Waals surface area contributed by atoms with Crippen molar-refractivity contribution < 1.29 is 9.53 Å². The molecule has 0 saturated heterocycles. The van der Waals surface area contributed by atoms with E-state index >= 15 is 0 Å². The number of ether oxygens (including phenoxy) is 1. The van der Waals surface area contributed by atoms with Gasteiger partial charge in [-0.2, -0.15) is 0 Å². The lowest BCUT2D eigenvalue weighted by atomic mass is 10.2. The number of alkyl halides is 2. The monoisotopic (exact) mass is 212 g/mol. The van der Waals surface area contributed by atoms with Gasteiger partial charge in [-0.15, -0.1) is 23.2 Å². The zero-order chi connectivity index (χ0) is 9.07. The molecule has 0 aliphatic rings. The van der Waals surface area contributed by atoms with Gasteiger partial charge in [-0.3, -0.25) is 4.79 Å². The van der Waals surface area contributed by atoms with Crippen molar-refractivity contribution in [2.75, 3.05) is 7.11 Å². The molecule has 0 fully saturated rings. The third-order valence-electron chi connectivity index (χ3n) is 1.17. The number of esters is 1. The van der Waals surface area contributed by atoms with E-state index < -0.39 is 9.50 Å². The second-order valence-corrected chi connectivity index (χ2v) is 6.51. The average molecular weight is 213 g/mol. The molecule has 0 aliphatic heterocycles. The number of carbonyl (C=O) groups is 1. The number of carbonyl (C=O) groups excluding carboxylic acids is 1. The Kier molecular flexibility index (Phi) is 4.44. The molecule has 0 aromatic carbocycles. The fraction of sp³-hybridized carbons (Fsp3) is 0.833. The number of halogens is 2. The van der Waals surface area contributed by atoms with Crippen molar-refractivity contribution in [1.82, 2.24) is 0 Å². The molecule has 0 heterocycles. The Morgan fingerprint density at radius 3 is 2.27 bits per heavy atom. The minimum atomic E-state index is -0.567. The number of hydrogen-bond donors (Lipinski definition) is 0. The zero-order valence-corrected chi connectivity index (χ0v) is 9.16. The van der Waals surface area contributed by atoms with E-state index in [1.54, 1.807) is 13.8 Å². The van der Waals surface area contributed by atoms with E-state index in [0.29, 0.717) is 0 Å². The molecule has 2 radical (unpaired) electrons. The molecule has 0 saturated carbocycles. The molecule has 0 N–H and O–H groups in total. The summed E-state index contributed by atoms with van der Waals surface area (Å²) in [5.41, 5.74) is 0. The van der Waals surface area contributed by atoms with Crippen molar-refractivity contribution in [3.05, 3.63) is 0 Å². The van der Waals surface area contributed by atoms with Crippen LogP contribution in [0.15, 0.2) is 0 Å². The van der Waals surface area contributed by atoms with Crippen LogP contribution in [0.4, 0.5) is 0 Å². The summed E-state index contributed by atoms with van der Waals surface area (Å²) < 4.78 is 4.07. The minimum absolute atomic E-state index is 0.159. The van der Waals surface area contributed by atoms with Crippen LogP contribution in [0, 0.1) is 0 Å². The third kappa shape index (κ3) is 3.99. The largest absolute Gasteiger partial charge is 0.469 e. The van der Waals surface area contributed by atoms with Crippen LogP contribution in [-0.4, -0.2) is 27.1 Å². The van der Waals surface area contributed by atoms with Gasteiger partial charge in [0.15, 0.2) is 0 Å². The van der Waals surface area contributed by atoms with Crippen LogP contribution in [0.25, 0.3) is 0 Å². The smallest absolute Gasteiger partial charge is 0.307 e. The van der Waals surface area contributed by atoms with Gasteiger partial charge in [0.2, 0.25) is 0 Å². The quantitative estimate of drug-likeness (QED) is 0.406. The molecule has 2 nitrogen and oxygen atoms in total. The molecule has 0 spiro atoms. The van der Waals surface area contributed by atoms with Crippen molar-refractivity contribution >= 4 is 38.7 Å². The second-order valence-electron chi connectivity index (χ2n) is 2.56. The van der Waals surface area contributed by atoms with Gasteiger partial charge in [-0.25, -0.2) is 0 Å². The lowest BCUT2D eigenvalue weighted by molar-refractivity contribution is -0.143. The highest BCUT2D eigenvalue weighted by atomic mass is 35.5. The van der Waals surface area contributed by atoms with Crippen LogP contribution in [0.5, 0.6) is 0 Å². The Hall–Kier alpha value is 0.267. The van der Waals surface area contributed by atoms with E-state index in [2.05, 4.69) is 4.74 Å². The number of hydrogen-bond acceptors (Lipinski definition) is 2. The highest BCUT2D eigenvalue weighted by Crippen LogP contribution is 2.27. The van der Waals surface area contributed by atoms with Gasteiger partial charge in [0.05, 0.1) is 16.6 Å². The maximum Gasteiger partial charge on any atom is 0.307 e. The van der Waals surface area contributed by atoms with Gasteiger partial charge in [-0.1, -0.05) is 13.8 Å². The topological polar surface area (TPSA) is 26.3 Å². The van der Waals surface area contributed by atoms with Crippen molar-refractivity contribution in [1.29, 1.82) is 0 Å². The molecule has 11 heavy (non-hydrogen) atoms. The van der Waals surface area contributed by atoms with Gasteiger partial charge in [0.25, 0.3) is 0 Å². The first-order valence-corrected chi connectivity index (χ1v) is 4.99. The van der Waals surface area contributed by atoms with Crippen molar-refractivity contribution in [3.63, 3.8) is 0 Å². The van der Waals surface area contributed by atoms with E-state index in [-0.39, 0.29) is 15.5 Å². The molecule has 0 unspecified atom stereocenters. The highest BCUT2D eigenvalue weighted by Gasteiger charge is 2.31. The Bertz CT molecular complexity index is 148. The fourth-order valence-electron chi connectivity index (χ4n) is 0.587. The summed E-state index contributed by atoms with van der Waals surface area (Å²) >= 11 is 11.1. The zero-order valence-electron chi connectivity index (χ0n) is 6.65. The third-order valence-corrected chi connectivity index (χ3v) is 2.96. The van der Waals surface area contributed by atoms with E-state index in [9.17, 15) is 4.79 Å². The van der Waals surface area contributed by atoms with Crippen molar-refractivity contribution in [2.45, 2.75) is 23.3 Å². The Balaban J connectivity index is 4.09. The van der Waals surface area contributed by atoms with Crippen LogP contribution < -0.4 is 0 Å². The molecule has 0 rings (SSSR count). The van der Waals surface area contributed by atoms with Crippen LogP contribution in [-0.2, 0) is 9.53 Å². The molecular formula is C6H10Cl2O2Si. The molecule has 0 amide bonds. The summed E-state index contributed by atoms with van der Waals surface area (Å²) in [6, 6.07) is 0. The molecule has 0 bridgehead atoms. The molecule has 64 valence electrons. The lowest BCUT2D eigenvalue weighted by Crippen LogP contribution is -2.28. The molecular weight excluding hydrogens is 203 g/mol. The fourth-order valence-corrected chi connectivity index (χ4v) is 2.99. The van der Waals surface area contributed by atoms with Gasteiger partial charge in [0, 0.05) is 0 Å². The first kappa shape index (κ1) is 11.3. The Labute approximate surface area is 79.0 Å². The molecule has 0 aromatic heterocycles. The Morgan fingerprint density at radius 1 is 1.55 bits per heavy atom.